The van der Waals surface area contributed by atoms with Crippen LogP contribution in [0.25, 0.3) is 0 Å². The second-order valence-corrected chi connectivity index (χ2v) is 9.65. The van der Waals surface area contributed by atoms with Crippen LogP contribution in [-0.2, 0) is 17.9 Å². The Balaban J connectivity index is 1.32. The first-order valence-corrected chi connectivity index (χ1v) is 12.3. The molecule has 1 aliphatic carbocycles. The summed E-state index contributed by atoms with van der Waals surface area (Å²) in [5.41, 5.74) is 2.71. The number of urea groups is 1. The number of carbonyl (C=O) groups excluding carboxylic acids is 2. The fourth-order valence-corrected chi connectivity index (χ4v) is 4.70. The van der Waals surface area contributed by atoms with Crippen molar-refractivity contribution < 1.29 is 19.1 Å². The molecule has 0 bridgehead atoms. The second kappa shape index (κ2) is 9.77. The Hall–Kier alpha value is -3.52. The molecule has 1 aromatic heterocycles. The highest BCUT2D eigenvalue weighted by Gasteiger charge is 2.35. The van der Waals surface area contributed by atoms with Gasteiger partial charge in [-0.2, -0.15) is 0 Å². The zero-order valence-electron chi connectivity index (χ0n) is 19.0. The Kier molecular flexibility index (Phi) is 6.40. The van der Waals surface area contributed by atoms with E-state index < -0.39 is 0 Å². The van der Waals surface area contributed by atoms with Crippen LogP contribution in [-0.4, -0.2) is 41.1 Å². The maximum absolute atomic E-state index is 13.5. The quantitative estimate of drug-likeness (QED) is 0.495. The molecule has 1 saturated carbocycles. The molecule has 0 radical (unpaired) electrons. The van der Waals surface area contributed by atoms with Gasteiger partial charge in [0, 0.05) is 23.2 Å². The molecular formula is C26H27N3O4S. The van der Waals surface area contributed by atoms with Gasteiger partial charge >= 0.3 is 6.03 Å². The van der Waals surface area contributed by atoms with Gasteiger partial charge in [0.15, 0.2) is 11.5 Å². The highest BCUT2D eigenvalue weighted by Crippen LogP contribution is 2.33. The van der Waals surface area contributed by atoms with Crippen molar-refractivity contribution in [1.29, 1.82) is 0 Å². The van der Waals surface area contributed by atoms with Crippen LogP contribution in [0.3, 0.4) is 0 Å². The summed E-state index contributed by atoms with van der Waals surface area (Å²) in [4.78, 5) is 31.2. The number of benzene rings is 2. The van der Waals surface area contributed by atoms with Crippen LogP contribution in [0.4, 0.5) is 10.5 Å². The van der Waals surface area contributed by atoms with Crippen LogP contribution < -0.4 is 14.8 Å². The van der Waals surface area contributed by atoms with Crippen molar-refractivity contribution in [2.75, 3.05) is 18.7 Å². The first kappa shape index (κ1) is 22.3. The molecular weight excluding hydrogens is 450 g/mol. The molecule has 5 rings (SSSR count). The van der Waals surface area contributed by atoms with Crippen molar-refractivity contribution in [3.05, 3.63) is 76.0 Å². The molecule has 0 unspecified atom stereocenters. The number of ether oxygens (including phenoxy) is 2. The van der Waals surface area contributed by atoms with Gasteiger partial charge in [0.05, 0.1) is 6.54 Å². The molecule has 3 amide bonds. The number of fused-ring (bicyclic) bond motifs is 1. The number of para-hydroxylation sites is 1. The molecule has 1 N–H and O–H groups in total. The minimum atomic E-state index is -0.232. The Bertz CT molecular complexity index is 1180. The first-order chi connectivity index (χ1) is 16.6. The van der Waals surface area contributed by atoms with E-state index in [0.717, 1.165) is 34.5 Å². The first-order valence-electron chi connectivity index (χ1n) is 11.4. The molecule has 2 heterocycles. The van der Waals surface area contributed by atoms with Gasteiger partial charge in [-0.3, -0.25) is 4.79 Å². The summed E-state index contributed by atoms with van der Waals surface area (Å²) in [5.74, 6) is 1.32. The van der Waals surface area contributed by atoms with Gasteiger partial charge < -0.3 is 24.6 Å². The normalized spacial score (nSPS) is 14.0. The van der Waals surface area contributed by atoms with Gasteiger partial charge in [0.2, 0.25) is 12.7 Å². The molecule has 7 nitrogen and oxygen atoms in total. The van der Waals surface area contributed by atoms with Crippen molar-refractivity contribution >= 4 is 29.0 Å². The number of amides is 3. The average molecular weight is 478 g/mol. The lowest BCUT2D eigenvalue weighted by molar-refractivity contribution is -0.133. The zero-order valence-corrected chi connectivity index (χ0v) is 19.8. The number of aryl methyl sites for hydroxylation is 1. The number of hydrogen-bond acceptors (Lipinski definition) is 5. The minimum Gasteiger partial charge on any atom is -0.454 e. The maximum Gasteiger partial charge on any atom is 0.322 e. The van der Waals surface area contributed by atoms with Crippen LogP contribution in [0.1, 0.15) is 28.8 Å². The van der Waals surface area contributed by atoms with Gasteiger partial charge in [-0.1, -0.05) is 30.3 Å². The molecule has 2 aromatic carbocycles. The predicted octanol–water partition coefficient (Wildman–Crippen LogP) is 5.01. The number of nitrogens with zero attached hydrogens (tertiary/aromatic N) is 2. The van der Waals surface area contributed by atoms with E-state index in [4.69, 9.17) is 9.47 Å². The topological polar surface area (TPSA) is 71.1 Å². The molecule has 2 aliphatic rings. The van der Waals surface area contributed by atoms with Crippen LogP contribution in [0.2, 0.25) is 0 Å². The lowest BCUT2D eigenvalue weighted by Gasteiger charge is -2.28. The number of thiophene rings is 1. The van der Waals surface area contributed by atoms with E-state index in [1.165, 1.54) is 0 Å². The number of hydrogen-bond donors (Lipinski definition) is 1. The summed E-state index contributed by atoms with van der Waals surface area (Å²) >= 11 is 1.62. The van der Waals surface area contributed by atoms with E-state index in [1.807, 2.05) is 66.9 Å². The summed E-state index contributed by atoms with van der Waals surface area (Å²) < 4.78 is 10.9. The fraction of sp³-hybridized carbons (Fsp3) is 0.308. The Morgan fingerprint density at radius 3 is 2.62 bits per heavy atom. The van der Waals surface area contributed by atoms with E-state index in [0.29, 0.717) is 24.6 Å². The fourth-order valence-electron chi connectivity index (χ4n) is 3.98. The third kappa shape index (κ3) is 5.17. The van der Waals surface area contributed by atoms with Gasteiger partial charge in [-0.05, 0) is 60.5 Å². The molecule has 34 heavy (non-hydrogen) atoms. The van der Waals surface area contributed by atoms with E-state index in [1.54, 1.807) is 21.1 Å². The monoisotopic (exact) mass is 477 g/mol. The largest absolute Gasteiger partial charge is 0.454 e. The van der Waals surface area contributed by atoms with Crippen molar-refractivity contribution in [3.8, 4) is 11.5 Å². The van der Waals surface area contributed by atoms with Gasteiger partial charge in [0.25, 0.3) is 0 Å². The SMILES string of the molecule is Cc1ccccc1NC(=O)N(CC(=O)N(Cc1ccc2c(c1)OCO2)Cc1cccs1)C1CC1. The predicted molar refractivity (Wildman–Crippen MR) is 131 cm³/mol. The molecule has 3 aromatic rings. The summed E-state index contributed by atoms with van der Waals surface area (Å²) in [7, 11) is 0. The lowest BCUT2D eigenvalue weighted by atomic mass is 10.2. The molecule has 1 fully saturated rings. The molecule has 0 spiro atoms. The van der Waals surface area contributed by atoms with Crippen molar-refractivity contribution in [2.45, 2.75) is 38.9 Å². The number of anilines is 1. The number of carbonyl (C=O) groups is 2. The van der Waals surface area contributed by atoms with Crippen molar-refractivity contribution in [3.63, 3.8) is 0 Å². The van der Waals surface area contributed by atoms with Gasteiger partial charge in [0.1, 0.15) is 6.54 Å². The Morgan fingerprint density at radius 2 is 1.85 bits per heavy atom. The van der Waals surface area contributed by atoms with Crippen molar-refractivity contribution in [2.24, 2.45) is 0 Å². The standard InChI is InChI=1S/C26H27N3O4S/c1-18-5-2-3-7-22(18)27-26(31)29(20-9-10-20)16-25(30)28(15-21-6-4-12-34-21)14-19-8-11-23-24(13-19)33-17-32-23/h2-8,11-13,20H,9-10,14-17H2,1H3,(H,27,31). The molecule has 1 aliphatic heterocycles. The Morgan fingerprint density at radius 1 is 1.03 bits per heavy atom. The number of rotatable bonds is 8. The zero-order chi connectivity index (χ0) is 23.5. The molecule has 0 saturated heterocycles. The summed E-state index contributed by atoms with van der Waals surface area (Å²) in [6, 6.07) is 17.3. The maximum atomic E-state index is 13.5. The molecule has 0 atom stereocenters. The number of nitrogens with one attached hydrogen (secondary N) is 1. The Labute approximate surface area is 202 Å². The molecule has 8 heteroatoms. The van der Waals surface area contributed by atoms with E-state index in [-0.39, 0.29) is 31.3 Å². The summed E-state index contributed by atoms with van der Waals surface area (Å²) in [6.07, 6.45) is 1.84. The minimum absolute atomic E-state index is 0.0400. The van der Waals surface area contributed by atoms with Crippen LogP contribution in [0, 0.1) is 6.92 Å². The lowest BCUT2D eigenvalue weighted by Crippen LogP contribution is -2.45. The van der Waals surface area contributed by atoms with Gasteiger partial charge in [-0.25, -0.2) is 4.79 Å². The van der Waals surface area contributed by atoms with E-state index >= 15 is 0 Å². The summed E-state index contributed by atoms with van der Waals surface area (Å²) in [5, 5.41) is 4.99. The highest BCUT2D eigenvalue weighted by molar-refractivity contribution is 7.09. The van der Waals surface area contributed by atoms with Gasteiger partial charge in [-0.15, -0.1) is 11.3 Å². The van der Waals surface area contributed by atoms with Crippen molar-refractivity contribution in [1.82, 2.24) is 9.80 Å². The summed E-state index contributed by atoms with van der Waals surface area (Å²) in [6.45, 7) is 3.12. The van der Waals surface area contributed by atoms with E-state index in [2.05, 4.69) is 5.32 Å². The van der Waals surface area contributed by atoms with Crippen LogP contribution >= 0.6 is 11.3 Å². The van der Waals surface area contributed by atoms with E-state index in [9.17, 15) is 9.59 Å². The van der Waals surface area contributed by atoms with Crippen LogP contribution in [0.15, 0.2) is 60.0 Å². The third-order valence-electron chi connectivity index (χ3n) is 6.03. The van der Waals surface area contributed by atoms with Crippen LogP contribution in [0.5, 0.6) is 11.5 Å². The highest BCUT2D eigenvalue weighted by atomic mass is 32.1. The second-order valence-electron chi connectivity index (χ2n) is 8.62. The third-order valence-corrected chi connectivity index (χ3v) is 6.89. The molecule has 176 valence electrons. The average Bonchev–Trinajstić information content (AvgIpc) is 3.33. The smallest absolute Gasteiger partial charge is 0.322 e.